The number of fused-ring (bicyclic) bond motifs is 1. The molecule has 0 bridgehead atoms. The van der Waals surface area contributed by atoms with Crippen molar-refractivity contribution in [1.29, 1.82) is 0 Å². The van der Waals surface area contributed by atoms with Crippen molar-refractivity contribution in [3.8, 4) is 5.75 Å². The van der Waals surface area contributed by atoms with E-state index in [-0.39, 0.29) is 11.8 Å². The first kappa shape index (κ1) is 20.9. The van der Waals surface area contributed by atoms with E-state index in [1.807, 2.05) is 50.2 Å². The molecule has 0 saturated carbocycles. The van der Waals surface area contributed by atoms with Crippen LogP contribution in [0.4, 0.5) is 5.69 Å². The number of aryl methyl sites for hydroxylation is 2. The molecule has 2 aromatic carbocycles. The van der Waals surface area contributed by atoms with Crippen molar-refractivity contribution in [3.05, 3.63) is 58.7 Å². The molecule has 5 heteroatoms. The minimum Gasteiger partial charge on any atom is -0.494 e. The third-order valence-corrected chi connectivity index (χ3v) is 5.34. The normalized spacial score (nSPS) is 15.4. The first-order valence-corrected chi connectivity index (χ1v) is 10.3. The molecular formula is C24H30N2O3. The molecule has 2 amide bonds. The van der Waals surface area contributed by atoms with Gasteiger partial charge in [0.15, 0.2) is 0 Å². The van der Waals surface area contributed by atoms with E-state index in [4.69, 9.17) is 4.74 Å². The van der Waals surface area contributed by atoms with Gasteiger partial charge in [-0.3, -0.25) is 9.59 Å². The van der Waals surface area contributed by atoms with Gasteiger partial charge in [0.25, 0.3) is 5.91 Å². The summed E-state index contributed by atoms with van der Waals surface area (Å²) in [6.07, 6.45) is 3.40. The third-order valence-electron chi connectivity index (χ3n) is 5.34. The molecule has 154 valence electrons. The number of rotatable bonds is 8. The fourth-order valence-electron chi connectivity index (χ4n) is 3.84. The van der Waals surface area contributed by atoms with Gasteiger partial charge in [-0.25, -0.2) is 0 Å². The number of unbranched alkanes of at least 4 members (excludes halogenated alkanes) is 2. The molecule has 29 heavy (non-hydrogen) atoms. The monoisotopic (exact) mass is 394 g/mol. The molecule has 1 N–H and O–H groups in total. The molecule has 5 nitrogen and oxygen atoms in total. The Labute approximate surface area is 173 Å². The average molecular weight is 395 g/mol. The fraction of sp³-hybridized carbons (Fsp3) is 0.417. The lowest BCUT2D eigenvalue weighted by atomic mass is 9.99. The van der Waals surface area contributed by atoms with Crippen LogP contribution >= 0.6 is 0 Å². The zero-order chi connectivity index (χ0) is 21.0. The fourth-order valence-corrected chi connectivity index (χ4v) is 3.84. The standard InChI is InChI=1S/C24H30N2O3/c1-5-6-7-14-29-20-12-10-19(11-13-20)15-26-23-17(3)9-8-16(2)21(23)22(24(26)28)25-18(4)27/h8-13,22H,5-7,14-15H2,1-4H3,(H,25,27). The van der Waals surface area contributed by atoms with Crippen LogP contribution in [0.5, 0.6) is 5.75 Å². The van der Waals surface area contributed by atoms with E-state index in [1.54, 1.807) is 4.90 Å². The highest BCUT2D eigenvalue weighted by atomic mass is 16.5. The number of hydrogen-bond acceptors (Lipinski definition) is 3. The maximum Gasteiger partial charge on any atom is 0.254 e. The molecule has 0 aliphatic carbocycles. The van der Waals surface area contributed by atoms with E-state index in [1.165, 1.54) is 19.8 Å². The van der Waals surface area contributed by atoms with Gasteiger partial charge >= 0.3 is 0 Å². The molecule has 1 heterocycles. The van der Waals surface area contributed by atoms with Crippen LogP contribution in [-0.4, -0.2) is 18.4 Å². The second-order valence-corrected chi connectivity index (χ2v) is 7.72. The molecule has 1 unspecified atom stereocenters. The number of benzene rings is 2. The number of hydrogen-bond donors (Lipinski definition) is 1. The van der Waals surface area contributed by atoms with Crippen molar-refractivity contribution >= 4 is 17.5 Å². The van der Waals surface area contributed by atoms with Crippen molar-refractivity contribution in [3.63, 3.8) is 0 Å². The zero-order valence-corrected chi connectivity index (χ0v) is 17.7. The van der Waals surface area contributed by atoms with Gasteiger partial charge in [0.05, 0.1) is 18.8 Å². The minimum absolute atomic E-state index is 0.0903. The second-order valence-electron chi connectivity index (χ2n) is 7.72. The van der Waals surface area contributed by atoms with Crippen LogP contribution in [0.25, 0.3) is 0 Å². The van der Waals surface area contributed by atoms with Crippen molar-refractivity contribution in [2.24, 2.45) is 0 Å². The Morgan fingerprint density at radius 3 is 2.41 bits per heavy atom. The summed E-state index contributed by atoms with van der Waals surface area (Å²) in [5.74, 6) is 0.551. The first-order valence-electron chi connectivity index (χ1n) is 10.3. The van der Waals surface area contributed by atoms with E-state index in [9.17, 15) is 9.59 Å². The number of ether oxygens (including phenoxy) is 1. The number of carbonyl (C=O) groups excluding carboxylic acids is 2. The van der Waals surface area contributed by atoms with Crippen LogP contribution in [-0.2, 0) is 16.1 Å². The van der Waals surface area contributed by atoms with Crippen molar-refractivity contribution < 1.29 is 14.3 Å². The van der Waals surface area contributed by atoms with Crippen LogP contribution in [0.15, 0.2) is 36.4 Å². The third kappa shape index (κ3) is 4.61. The molecule has 1 aliphatic heterocycles. The van der Waals surface area contributed by atoms with Gasteiger partial charge in [-0.1, -0.05) is 44.0 Å². The summed E-state index contributed by atoms with van der Waals surface area (Å²) in [5, 5.41) is 2.82. The maximum atomic E-state index is 13.2. The molecule has 3 rings (SSSR count). The van der Waals surface area contributed by atoms with Crippen LogP contribution in [0, 0.1) is 13.8 Å². The smallest absolute Gasteiger partial charge is 0.254 e. The molecular weight excluding hydrogens is 364 g/mol. The lowest BCUT2D eigenvalue weighted by Gasteiger charge is -2.20. The molecule has 1 aliphatic rings. The Morgan fingerprint density at radius 1 is 1.07 bits per heavy atom. The van der Waals surface area contributed by atoms with Gasteiger partial charge in [0.1, 0.15) is 11.8 Å². The van der Waals surface area contributed by atoms with E-state index in [0.717, 1.165) is 46.7 Å². The van der Waals surface area contributed by atoms with Crippen LogP contribution < -0.4 is 15.0 Å². The Bertz CT molecular complexity index is 890. The van der Waals surface area contributed by atoms with E-state index >= 15 is 0 Å². The van der Waals surface area contributed by atoms with Crippen molar-refractivity contribution in [1.82, 2.24) is 5.32 Å². The summed E-state index contributed by atoms with van der Waals surface area (Å²) >= 11 is 0. The van der Waals surface area contributed by atoms with E-state index < -0.39 is 6.04 Å². The summed E-state index contributed by atoms with van der Waals surface area (Å²) in [6, 6.07) is 11.3. The molecule has 1 atom stereocenters. The Kier molecular flexibility index (Phi) is 6.57. The average Bonchev–Trinajstić information content (AvgIpc) is 2.96. The highest BCUT2D eigenvalue weighted by Gasteiger charge is 2.39. The summed E-state index contributed by atoms with van der Waals surface area (Å²) < 4.78 is 5.78. The number of amides is 2. The SMILES string of the molecule is CCCCCOc1ccc(CN2C(=O)C(NC(C)=O)c3c(C)ccc(C)c32)cc1. The number of nitrogens with zero attached hydrogens (tertiary/aromatic N) is 1. The number of nitrogens with one attached hydrogen (secondary N) is 1. The van der Waals surface area contributed by atoms with Crippen molar-refractivity contribution in [2.75, 3.05) is 11.5 Å². The largest absolute Gasteiger partial charge is 0.494 e. The van der Waals surface area contributed by atoms with Gasteiger partial charge in [-0.2, -0.15) is 0 Å². The zero-order valence-electron chi connectivity index (χ0n) is 17.7. The summed E-state index contributed by atoms with van der Waals surface area (Å²) in [4.78, 5) is 26.6. The Hall–Kier alpha value is -2.82. The molecule has 0 fully saturated rings. The second kappa shape index (κ2) is 9.12. The lowest BCUT2D eigenvalue weighted by Crippen LogP contribution is -2.36. The number of anilines is 1. The predicted octanol–water partition coefficient (Wildman–Crippen LogP) is 4.60. The molecule has 2 aromatic rings. The quantitative estimate of drug-likeness (QED) is 0.666. The maximum absolute atomic E-state index is 13.2. The highest BCUT2D eigenvalue weighted by Crippen LogP contribution is 2.41. The van der Waals surface area contributed by atoms with Crippen LogP contribution in [0.3, 0.4) is 0 Å². The van der Waals surface area contributed by atoms with Gasteiger partial charge in [0.2, 0.25) is 5.91 Å². The molecule has 0 saturated heterocycles. The van der Waals surface area contributed by atoms with Gasteiger partial charge in [-0.15, -0.1) is 0 Å². The van der Waals surface area contributed by atoms with Crippen LogP contribution in [0.2, 0.25) is 0 Å². The van der Waals surface area contributed by atoms with E-state index in [0.29, 0.717) is 6.54 Å². The van der Waals surface area contributed by atoms with Crippen molar-refractivity contribution in [2.45, 2.75) is 59.5 Å². The topological polar surface area (TPSA) is 58.6 Å². The van der Waals surface area contributed by atoms with Crippen LogP contribution in [0.1, 0.15) is 61.4 Å². The number of carbonyl (C=O) groups is 2. The minimum atomic E-state index is -0.622. The lowest BCUT2D eigenvalue weighted by molar-refractivity contribution is -0.126. The molecule has 0 aromatic heterocycles. The van der Waals surface area contributed by atoms with Gasteiger partial charge in [-0.05, 0) is 49.1 Å². The highest BCUT2D eigenvalue weighted by molar-refractivity contribution is 6.07. The Morgan fingerprint density at radius 2 is 1.76 bits per heavy atom. The summed E-state index contributed by atoms with van der Waals surface area (Å²) in [6.45, 7) is 8.78. The Balaban J connectivity index is 1.80. The van der Waals surface area contributed by atoms with Gasteiger partial charge < -0.3 is 15.0 Å². The first-order chi connectivity index (χ1) is 13.9. The van der Waals surface area contributed by atoms with E-state index in [2.05, 4.69) is 12.2 Å². The summed E-state index contributed by atoms with van der Waals surface area (Å²) in [5.41, 5.74) is 4.88. The summed E-state index contributed by atoms with van der Waals surface area (Å²) in [7, 11) is 0. The predicted molar refractivity (Wildman–Crippen MR) is 115 cm³/mol. The molecule has 0 radical (unpaired) electrons. The van der Waals surface area contributed by atoms with Gasteiger partial charge in [0, 0.05) is 12.5 Å². The molecule has 0 spiro atoms.